The van der Waals surface area contributed by atoms with Gasteiger partial charge in [0.25, 0.3) is 0 Å². The molecule has 0 aliphatic heterocycles. The molecule has 1 atom stereocenters. The number of benzene rings is 2. The molecule has 0 unspecified atom stereocenters. The van der Waals surface area contributed by atoms with Gasteiger partial charge in [-0.05, 0) is 105 Å². The number of hydrogen-bond donors (Lipinski definition) is 1. The van der Waals surface area contributed by atoms with E-state index in [0.717, 1.165) is 29.6 Å². The first kappa shape index (κ1) is 29.6. The Labute approximate surface area is 245 Å². The van der Waals surface area contributed by atoms with Crippen LogP contribution in [0.2, 0.25) is 0 Å². The van der Waals surface area contributed by atoms with Gasteiger partial charge >= 0.3 is 0 Å². The van der Waals surface area contributed by atoms with Crippen LogP contribution in [0.4, 0.5) is 5.69 Å². The summed E-state index contributed by atoms with van der Waals surface area (Å²) in [5.41, 5.74) is 2.88. The minimum absolute atomic E-state index is 0.0785. The van der Waals surface area contributed by atoms with Crippen molar-refractivity contribution in [2.24, 2.45) is 17.8 Å². The molecule has 0 saturated heterocycles. The van der Waals surface area contributed by atoms with E-state index in [-0.39, 0.29) is 30.5 Å². The van der Waals surface area contributed by atoms with Crippen molar-refractivity contribution in [3.8, 4) is 0 Å². The van der Waals surface area contributed by atoms with Crippen molar-refractivity contribution in [3.63, 3.8) is 0 Å². The second kappa shape index (κ2) is 11.8. The molecule has 0 radical (unpaired) electrons. The maximum absolute atomic E-state index is 13.9. The molecule has 0 aromatic heterocycles. The third-order valence-electron chi connectivity index (χ3n) is 9.50. The molecule has 222 valence electrons. The van der Waals surface area contributed by atoms with Gasteiger partial charge in [-0.2, -0.15) is 0 Å². The normalized spacial score (nSPS) is 25.6. The van der Waals surface area contributed by atoms with E-state index in [0.29, 0.717) is 12.1 Å². The monoisotopic (exact) mass is 579 g/mol. The minimum atomic E-state index is -3.76. The SMILES string of the molecule is CC[C@H](C(=O)NC(C)C)N(Cc1ccccc1)C(=O)CN(c1ccc(C23CC4CC(CC(C4)C2)C3)cc1)S(C)(=O)=O. The van der Waals surface area contributed by atoms with E-state index in [1.807, 2.05) is 63.2 Å². The van der Waals surface area contributed by atoms with Gasteiger partial charge in [0.2, 0.25) is 21.8 Å². The van der Waals surface area contributed by atoms with Gasteiger partial charge in [-0.25, -0.2) is 8.42 Å². The standard InChI is InChI=1S/C33H45N3O4S/c1-5-30(32(38)34-23(2)3)35(21-24-9-7-6-8-10-24)31(37)22-36(41(4,39)40)29-13-11-28(12-14-29)33-18-25-15-26(19-33)17-27(16-25)20-33/h6-14,23,25-27,30H,5,15-22H2,1-4H3,(H,34,38)/t25?,26?,27?,30-,33?/m1/s1. The number of amides is 2. The zero-order chi connectivity index (χ0) is 29.4. The highest BCUT2D eigenvalue weighted by atomic mass is 32.2. The van der Waals surface area contributed by atoms with Crippen LogP contribution in [-0.2, 0) is 31.6 Å². The lowest BCUT2D eigenvalue weighted by molar-refractivity contribution is -0.140. The van der Waals surface area contributed by atoms with Gasteiger partial charge in [-0.1, -0.05) is 49.4 Å². The van der Waals surface area contributed by atoms with Crippen molar-refractivity contribution in [1.82, 2.24) is 10.2 Å². The lowest BCUT2D eigenvalue weighted by Gasteiger charge is -2.57. The fourth-order valence-electron chi connectivity index (χ4n) is 8.14. The molecule has 2 amide bonds. The molecular weight excluding hydrogens is 534 g/mol. The van der Waals surface area contributed by atoms with Crippen LogP contribution in [0.1, 0.15) is 76.8 Å². The number of sulfonamides is 1. The molecule has 0 spiro atoms. The average molecular weight is 580 g/mol. The van der Waals surface area contributed by atoms with Gasteiger partial charge < -0.3 is 10.2 Å². The Morgan fingerprint density at radius 1 is 0.927 bits per heavy atom. The zero-order valence-electron chi connectivity index (χ0n) is 24.9. The highest BCUT2D eigenvalue weighted by molar-refractivity contribution is 7.92. The lowest BCUT2D eigenvalue weighted by atomic mass is 9.48. The van der Waals surface area contributed by atoms with E-state index in [1.54, 1.807) is 0 Å². The van der Waals surface area contributed by atoms with Gasteiger partial charge in [-0.3, -0.25) is 13.9 Å². The van der Waals surface area contributed by atoms with Crippen LogP contribution in [0.25, 0.3) is 0 Å². The predicted octanol–water partition coefficient (Wildman–Crippen LogP) is 5.25. The molecule has 0 heterocycles. The first-order chi connectivity index (χ1) is 19.5. The van der Waals surface area contributed by atoms with E-state index in [4.69, 9.17) is 0 Å². The molecule has 6 rings (SSSR count). The molecule has 4 bridgehead atoms. The first-order valence-corrected chi connectivity index (χ1v) is 17.0. The molecule has 8 heteroatoms. The van der Waals surface area contributed by atoms with Crippen LogP contribution in [0.15, 0.2) is 54.6 Å². The Balaban J connectivity index is 1.40. The largest absolute Gasteiger partial charge is 0.352 e. The summed E-state index contributed by atoms with van der Waals surface area (Å²) in [4.78, 5) is 28.6. The van der Waals surface area contributed by atoms with Crippen molar-refractivity contribution < 1.29 is 18.0 Å². The number of nitrogens with zero attached hydrogens (tertiary/aromatic N) is 2. The van der Waals surface area contributed by atoms with Crippen LogP contribution in [-0.4, -0.2) is 50.0 Å². The summed E-state index contributed by atoms with van der Waals surface area (Å²) in [6.07, 6.45) is 9.36. The number of anilines is 1. The van der Waals surface area contributed by atoms with Crippen molar-refractivity contribution in [3.05, 3.63) is 65.7 Å². The van der Waals surface area contributed by atoms with Crippen molar-refractivity contribution in [1.29, 1.82) is 0 Å². The molecular formula is C33H45N3O4S. The molecule has 2 aromatic rings. The second-order valence-corrected chi connectivity index (χ2v) is 15.0. The Kier molecular flexibility index (Phi) is 8.51. The van der Waals surface area contributed by atoms with Crippen LogP contribution < -0.4 is 9.62 Å². The molecule has 7 nitrogen and oxygen atoms in total. The zero-order valence-corrected chi connectivity index (χ0v) is 25.7. The topological polar surface area (TPSA) is 86.8 Å². The van der Waals surface area contributed by atoms with Gasteiger partial charge in [-0.15, -0.1) is 0 Å². The molecule has 4 aliphatic carbocycles. The highest BCUT2D eigenvalue weighted by Gasteiger charge is 2.51. The van der Waals surface area contributed by atoms with Gasteiger partial charge in [0.05, 0.1) is 11.9 Å². The van der Waals surface area contributed by atoms with Crippen LogP contribution >= 0.6 is 0 Å². The number of rotatable bonds is 11. The van der Waals surface area contributed by atoms with Crippen molar-refractivity contribution in [2.75, 3.05) is 17.1 Å². The van der Waals surface area contributed by atoms with Crippen LogP contribution in [0, 0.1) is 17.8 Å². The average Bonchev–Trinajstić information content (AvgIpc) is 2.90. The Morgan fingerprint density at radius 3 is 1.98 bits per heavy atom. The molecule has 1 N–H and O–H groups in total. The lowest BCUT2D eigenvalue weighted by Crippen LogP contribution is -2.53. The Bertz CT molecular complexity index is 1310. The van der Waals surface area contributed by atoms with Gasteiger partial charge in [0.15, 0.2) is 0 Å². The van der Waals surface area contributed by atoms with Crippen LogP contribution in [0.3, 0.4) is 0 Å². The number of carbonyl (C=O) groups excluding carboxylic acids is 2. The minimum Gasteiger partial charge on any atom is -0.352 e. The van der Waals surface area contributed by atoms with Crippen LogP contribution in [0.5, 0.6) is 0 Å². The van der Waals surface area contributed by atoms with Gasteiger partial charge in [0.1, 0.15) is 12.6 Å². The van der Waals surface area contributed by atoms with Gasteiger partial charge in [0, 0.05) is 12.6 Å². The Hall–Kier alpha value is -2.87. The van der Waals surface area contributed by atoms with E-state index in [2.05, 4.69) is 17.4 Å². The fraction of sp³-hybridized carbons (Fsp3) is 0.576. The molecule has 2 aromatic carbocycles. The number of carbonyl (C=O) groups is 2. The molecule has 4 aliphatic rings. The van der Waals surface area contributed by atoms with E-state index < -0.39 is 22.0 Å². The molecule has 41 heavy (non-hydrogen) atoms. The smallest absolute Gasteiger partial charge is 0.244 e. The Morgan fingerprint density at radius 2 is 1.49 bits per heavy atom. The summed E-state index contributed by atoms with van der Waals surface area (Å²) in [7, 11) is -3.76. The maximum atomic E-state index is 13.9. The molecule has 4 fully saturated rings. The summed E-state index contributed by atoms with van der Waals surface area (Å²) < 4.78 is 27.3. The summed E-state index contributed by atoms with van der Waals surface area (Å²) in [5.74, 6) is 1.82. The first-order valence-electron chi connectivity index (χ1n) is 15.2. The third-order valence-corrected chi connectivity index (χ3v) is 10.6. The maximum Gasteiger partial charge on any atom is 0.244 e. The summed E-state index contributed by atoms with van der Waals surface area (Å²) in [6.45, 7) is 5.48. The summed E-state index contributed by atoms with van der Waals surface area (Å²) in [6, 6.07) is 16.6. The van der Waals surface area contributed by atoms with Crippen molar-refractivity contribution >= 4 is 27.5 Å². The van der Waals surface area contributed by atoms with E-state index in [1.165, 1.54) is 53.3 Å². The van der Waals surface area contributed by atoms with E-state index in [9.17, 15) is 18.0 Å². The number of hydrogen-bond acceptors (Lipinski definition) is 4. The highest BCUT2D eigenvalue weighted by Crippen LogP contribution is 2.60. The summed E-state index contributed by atoms with van der Waals surface area (Å²) >= 11 is 0. The number of nitrogens with one attached hydrogen (secondary N) is 1. The fourth-order valence-corrected chi connectivity index (χ4v) is 8.99. The summed E-state index contributed by atoms with van der Waals surface area (Å²) in [5, 5.41) is 2.93. The van der Waals surface area contributed by atoms with Crippen molar-refractivity contribution in [2.45, 2.75) is 89.8 Å². The predicted molar refractivity (Wildman–Crippen MR) is 163 cm³/mol. The second-order valence-electron chi connectivity index (χ2n) is 13.1. The molecule has 4 saturated carbocycles. The third kappa shape index (κ3) is 6.47. The van der Waals surface area contributed by atoms with E-state index >= 15 is 0 Å². The quantitative estimate of drug-likeness (QED) is 0.394.